The number of benzene rings is 1. The van der Waals surface area contributed by atoms with Crippen LogP contribution in [0.3, 0.4) is 0 Å². The maximum atomic E-state index is 5.84. The van der Waals surface area contributed by atoms with Gasteiger partial charge in [-0.2, -0.15) is 4.98 Å². The molecule has 0 bridgehead atoms. The molecular weight excluding hydrogens is 210 g/mol. The molecule has 1 heterocycles. The average molecular weight is 221 g/mol. The van der Waals surface area contributed by atoms with Gasteiger partial charge in [-0.3, -0.25) is 0 Å². The molecule has 1 aromatic carbocycles. The molecule has 5 heteroatoms. The zero-order valence-corrected chi connectivity index (χ0v) is 9.12. The lowest BCUT2D eigenvalue weighted by molar-refractivity contribution is 0.412. The summed E-state index contributed by atoms with van der Waals surface area (Å²) >= 11 is 1.61. The number of hydrogen-bond donors (Lipinski definition) is 1. The van der Waals surface area contributed by atoms with Crippen LogP contribution in [0.5, 0.6) is 0 Å². The molecule has 0 aliphatic carbocycles. The van der Waals surface area contributed by atoms with E-state index in [1.165, 1.54) is 12.0 Å². The Labute approximate surface area is 91.9 Å². The van der Waals surface area contributed by atoms with E-state index in [-0.39, 0.29) is 0 Å². The van der Waals surface area contributed by atoms with Crippen LogP contribution in [0.25, 0.3) is 0 Å². The van der Waals surface area contributed by atoms with E-state index >= 15 is 0 Å². The Morgan fingerprint density at radius 1 is 1.47 bits per heavy atom. The quantitative estimate of drug-likeness (QED) is 0.636. The third kappa shape index (κ3) is 2.50. The Morgan fingerprint density at radius 3 is 3.07 bits per heavy atom. The van der Waals surface area contributed by atoms with Crippen LogP contribution in [0.15, 0.2) is 34.0 Å². The zero-order valence-electron chi connectivity index (χ0n) is 8.30. The summed E-state index contributed by atoms with van der Waals surface area (Å²) in [6.45, 7) is 2.04. The monoisotopic (exact) mass is 221 g/mol. The van der Waals surface area contributed by atoms with Crippen molar-refractivity contribution in [3.05, 3.63) is 36.0 Å². The Hall–Kier alpha value is -1.49. The largest absolute Gasteiger partial charge is 0.398 e. The average Bonchev–Trinajstić information content (AvgIpc) is 2.72. The summed E-state index contributed by atoms with van der Waals surface area (Å²) in [6.07, 6.45) is 1.33. The summed E-state index contributed by atoms with van der Waals surface area (Å²) in [5.41, 5.74) is 7.82. The molecule has 0 fully saturated rings. The van der Waals surface area contributed by atoms with Crippen LogP contribution in [-0.2, 0) is 5.75 Å². The van der Waals surface area contributed by atoms with E-state index in [4.69, 9.17) is 5.73 Å². The van der Waals surface area contributed by atoms with Gasteiger partial charge in [-0.15, -0.1) is 11.8 Å². The van der Waals surface area contributed by atoms with E-state index in [1.54, 1.807) is 11.8 Å². The topological polar surface area (TPSA) is 64.9 Å². The van der Waals surface area contributed by atoms with Crippen LogP contribution in [0.1, 0.15) is 11.4 Å². The zero-order chi connectivity index (χ0) is 10.7. The Bertz CT molecular complexity index is 442. The summed E-state index contributed by atoms with van der Waals surface area (Å²) in [4.78, 5) is 5.00. The van der Waals surface area contributed by atoms with Crippen LogP contribution < -0.4 is 5.73 Å². The van der Waals surface area contributed by atoms with Crippen molar-refractivity contribution in [1.29, 1.82) is 0 Å². The van der Waals surface area contributed by atoms with E-state index < -0.39 is 0 Å². The molecule has 0 radical (unpaired) electrons. The van der Waals surface area contributed by atoms with Gasteiger partial charge in [-0.05, 0) is 24.6 Å². The van der Waals surface area contributed by atoms with Crippen molar-refractivity contribution >= 4 is 17.4 Å². The number of aryl methyl sites for hydroxylation is 1. The highest BCUT2D eigenvalue weighted by Crippen LogP contribution is 2.27. The number of nitrogens with zero attached hydrogens (tertiary/aromatic N) is 2. The highest BCUT2D eigenvalue weighted by Gasteiger charge is 2.03. The summed E-state index contributed by atoms with van der Waals surface area (Å²) in [6, 6.07) is 5.96. The second kappa shape index (κ2) is 4.35. The maximum absolute atomic E-state index is 5.84. The summed E-state index contributed by atoms with van der Waals surface area (Å²) in [5.74, 6) is 1.35. The molecular formula is C10H11N3OS. The molecule has 2 aromatic rings. The second-order valence-electron chi connectivity index (χ2n) is 3.18. The maximum Gasteiger partial charge on any atom is 0.213 e. The van der Waals surface area contributed by atoms with E-state index in [9.17, 15) is 0 Å². The number of nitrogens with two attached hydrogens (primary N) is 1. The van der Waals surface area contributed by atoms with Crippen LogP contribution >= 0.6 is 11.8 Å². The van der Waals surface area contributed by atoms with Crippen molar-refractivity contribution < 1.29 is 4.52 Å². The van der Waals surface area contributed by atoms with Gasteiger partial charge in [0.2, 0.25) is 6.39 Å². The number of nitrogen functional groups attached to an aromatic ring is 1. The molecule has 78 valence electrons. The Balaban J connectivity index is 2.07. The van der Waals surface area contributed by atoms with E-state index in [1.807, 2.05) is 19.1 Å². The predicted octanol–water partition coefficient (Wildman–Crippen LogP) is 2.25. The van der Waals surface area contributed by atoms with Gasteiger partial charge in [0.1, 0.15) is 0 Å². The standard InChI is InChI=1S/C10H11N3OS/c1-7-2-3-8(11)9(4-7)15-5-10-12-6-14-13-10/h2-4,6H,5,11H2,1H3. The van der Waals surface area contributed by atoms with Gasteiger partial charge in [0, 0.05) is 10.6 Å². The lowest BCUT2D eigenvalue weighted by Gasteiger charge is -2.04. The van der Waals surface area contributed by atoms with Crippen LogP contribution in [0, 0.1) is 6.92 Å². The summed E-state index contributed by atoms with van der Waals surface area (Å²) < 4.78 is 4.65. The third-order valence-corrected chi connectivity index (χ3v) is 3.00. The fraction of sp³-hybridized carbons (Fsp3) is 0.200. The van der Waals surface area contributed by atoms with Gasteiger partial charge in [0.25, 0.3) is 0 Å². The first-order chi connectivity index (χ1) is 7.25. The Kier molecular flexibility index (Phi) is 2.91. The molecule has 0 atom stereocenters. The molecule has 2 rings (SSSR count). The fourth-order valence-corrected chi connectivity index (χ4v) is 2.08. The van der Waals surface area contributed by atoms with E-state index in [0.29, 0.717) is 11.6 Å². The smallest absolute Gasteiger partial charge is 0.213 e. The third-order valence-electron chi connectivity index (χ3n) is 1.93. The molecule has 0 unspecified atom stereocenters. The number of aromatic nitrogens is 2. The van der Waals surface area contributed by atoms with E-state index in [0.717, 1.165) is 10.6 Å². The predicted molar refractivity (Wildman–Crippen MR) is 59.5 cm³/mol. The first kappa shape index (κ1) is 10.0. The van der Waals surface area contributed by atoms with Gasteiger partial charge in [-0.25, -0.2) is 0 Å². The first-order valence-electron chi connectivity index (χ1n) is 4.50. The van der Waals surface area contributed by atoms with Gasteiger partial charge < -0.3 is 10.3 Å². The minimum atomic E-state index is 0.671. The second-order valence-corrected chi connectivity index (χ2v) is 4.19. The van der Waals surface area contributed by atoms with Crippen molar-refractivity contribution in [2.45, 2.75) is 17.6 Å². The molecule has 0 spiro atoms. The number of thioether (sulfide) groups is 1. The molecule has 0 aliphatic heterocycles. The SMILES string of the molecule is Cc1ccc(N)c(SCc2ncon2)c1. The summed E-state index contributed by atoms with van der Waals surface area (Å²) in [7, 11) is 0. The molecule has 15 heavy (non-hydrogen) atoms. The van der Waals surface area contributed by atoms with Crippen LogP contribution in [0.4, 0.5) is 5.69 Å². The molecule has 4 nitrogen and oxygen atoms in total. The van der Waals surface area contributed by atoms with Gasteiger partial charge in [0.15, 0.2) is 5.82 Å². The normalized spacial score (nSPS) is 10.5. The van der Waals surface area contributed by atoms with Crippen molar-refractivity contribution in [2.24, 2.45) is 0 Å². The van der Waals surface area contributed by atoms with Crippen molar-refractivity contribution in [3.8, 4) is 0 Å². The highest BCUT2D eigenvalue weighted by molar-refractivity contribution is 7.98. The van der Waals surface area contributed by atoms with Crippen molar-refractivity contribution in [2.75, 3.05) is 5.73 Å². The van der Waals surface area contributed by atoms with E-state index in [2.05, 4.69) is 20.7 Å². The highest BCUT2D eigenvalue weighted by atomic mass is 32.2. The Morgan fingerprint density at radius 2 is 2.33 bits per heavy atom. The van der Waals surface area contributed by atoms with Gasteiger partial charge in [-0.1, -0.05) is 11.2 Å². The minimum absolute atomic E-state index is 0.671. The number of rotatable bonds is 3. The summed E-state index contributed by atoms with van der Waals surface area (Å²) in [5, 5.41) is 3.74. The van der Waals surface area contributed by atoms with Crippen LogP contribution in [0.2, 0.25) is 0 Å². The molecule has 0 saturated heterocycles. The fourth-order valence-electron chi connectivity index (χ4n) is 1.16. The molecule has 0 saturated carbocycles. The molecule has 0 aliphatic rings. The molecule has 1 aromatic heterocycles. The minimum Gasteiger partial charge on any atom is -0.398 e. The number of hydrogen-bond acceptors (Lipinski definition) is 5. The van der Waals surface area contributed by atoms with Crippen molar-refractivity contribution in [1.82, 2.24) is 10.1 Å². The van der Waals surface area contributed by atoms with Gasteiger partial charge in [0.05, 0.1) is 5.75 Å². The molecule has 2 N–H and O–H groups in total. The van der Waals surface area contributed by atoms with Crippen LogP contribution in [-0.4, -0.2) is 10.1 Å². The van der Waals surface area contributed by atoms with Crippen molar-refractivity contribution in [3.63, 3.8) is 0 Å². The number of anilines is 1. The first-order valence-corrected chi connectivity index (χ1v) is 5.48. The van der Waals surface area contributed by atoms with Gasteiger partial charge >= 0.3 is 0 Å². The lowest BCUT2D eigenvalue weighted by Crippen LogP contribution is -1.90. The lowest BCUT2D eigenvalue weighted by atomic mass is 10.2. The molecule has 0 amide bonds.